The van der Waals surface area contributed by atoms with Crippen LogP contribution in [-0.2, 0) is 0 Å². The van der Waals surface area contributed by atoms with Gasteiger partial charge in [-0.2, -0.15) is 5.26 Å². The second-order valence-electron chi connectivity index (χ2n) is 13.3. The van der Waals surface area contributed by atoms with Gasteiger partial charge in [-0.1, -0.05) is 164 Å². The van der Waals surface area contributed by atoms with E-state index in [9.17, 15) is 5.26 Å². The van der Waals surface area contributed by atoms with Crippen molar-refractivity contribution in [1.29, 1.82) is 5.26 Å². The van der Waals surface area contributed by atoms with E-state index in [0.717, 1.165) is 67.0 Å². The molecule has 0 aliphatic heterocycles. The third kappa shape index (κ3) is 7.21. The largest absolute Gasteiger partial charge is 0.228 e. The van der Waals surface area contributed by atoms with Crippen molar-refractivity contribution in [1.82, 2.24) is 24.9 Å². The number of nitrogens with zero attached hydrogens (tertiary/aromatic N) is 6. The lowest BCUT2D eigenvalue weighted by Gasteiger charge is -2.12. The number of hydrogen-bond donors (Lipinski definition) is 0. The SMILES string of the molecule is N#Cc1cccc(-c2nc(-c3ccccc3)nc(-c3ccc(-c4cccc(-c5nc(-c6ccccc6)cc(-c6cccc(-c7ccccc7)c6)n5)c4)cc3)n2)c1. The molecular formula is C50H32N6. The van der Waals surface area contributed by atoms with Crippen LogP contribution >= 0.6 is 0 Å². The monoisotopic (exact) mass is 716 g/mol. The van der Waals surface area contributed by atoms with Crippen LogP contribution in [0.15, 0.2) is 194 Å². The Labute approximate surface area is 325 Å². The normalized spacial score (nSPS) is 10.8. The Morgan fingerprint density at radius 2 is 0.643 bits per heavy atom. The van der Waals surface area contributed by atoms with Gasteiger partial charge < -0.3 is 0 Å². The number of benzene rings is 7. The van der Waals surface area contributed by atoms with Crippen molar-refractivity contribution in [3.05, 3.63) is 200 Å². The molecule has 0 amide bonds. The van der Waals surface area contributed by atoms with E-state index in [1.54, 1.807) is 12.1 Å². The summed E-state index contributed by atoms with van der Waals surface area (Å²) < 4.78 is 0. The summed E-state index contributed by atoms with van der Waals surface area (Å²) in [5.41, 5.74) is 12.1. The van der Waals surface area contributed by atoms with Gasteiger partial charge in [0.15, 0.2) is 23.3 Å². The Hall–Kier alpha value is -7.88. The highest BCUT2D eigenvalue weighted by atomic mass is 15.0. The smallest absolute Gasteiger partial charge is 0.164 e. The fourth-order valence-electron chi connectivity index (χ4n) is 6.70. The van der Waals surface area contributed by atoms with Gasteiger partial charge in [0.1, 0.15) is 0 Å². The summed E-state index contributed by atoms with van der Waals surface area (Å²) in [5, 5.41) is 9.53. The maximum absolute atomic E-state index is 9.53. The third-order valence-electron chi connectivity index (χ3n) is 9.58. The summed E-state index contributed by atoms with van der Waals surface area (Å²) in [6.45, 7) is 0. The van der Waals surface area contributed by atoms with E-state index in [1.807, 2.05) is 84.9 Å². The predicted octanol–water partition coefficient (Wildman–Crippen LogP) is 11.9. The topological polar surface area (TPSA) is 88.2 Å². The highest BCUT2D eigenvalue weighted by Gasteiger charge is 2.15. The lowest BCUT2D eigenvalue weighted by molar-refractivity contribution is 1.07. The summed E-state index contributed by atoms with van der Waals surface area (Å²) >= 11 is 0. The van der Waals surface area contributed by atoms with Gasteiger partial charge >= 0.3 is 0 Å². The Morgan fingerprint density at radius 3 is 1.25 bits per heavy atom. The van der Waals surface area contributed by atoms with Crippen LogP contribution in [0.4, 0.5) is 0 Å². The molecule has 2 aromatic heterocycles. The van der Waals surface area contributed by atoms with Crippen LogP contribution in [0.25, 0.3) is 90.3 Å². The Kier molecular flexibility index (Phi) is 9.23. The van der Waals surface area contributed by atoms with Crippen LogP contribution in [0.3, 0.4) is 0 Å². The molecule has 9 rings (SSSR count). The van der Waals surface area contributed by atoms with Gasteiger partial charge in [-0.3, -0.25) is 0 Å². The molecule has 56 heavy (non-hydrogen) atoms. The molecule has 0 fully saturated rings. The van der Waals surface area contributed by atoms with Crippen molar-refractivity contribution in [3.8, 4) is 96.4 Å². The predicted molar refractivity (Wildman–Crippen MR) is 224 cm³/mol. The highest BCUT2D eigenvalue weighted by Crippen LogP contribution is 2.33. The number of rotatable bonds is 8. The maximum Gasteiger partial charge on any atom is 0.164 e. The van der Waals surface area contributed by atoms with Crippen LogP contribution < -0.4 is 0 Å². The zero-order chi connectivity index (χ0) is 37.7. The molecule has 0 saturated heterocycles. The molecule has 0 spiro atoms. The highest BCUT2D eigenvalue weighted by molar-refractivity contribution is 5.78. The zero-order valence-electron chi connectivity index (χ0n) is 30.2. The zero-order valence-corrected chi connectivity index (χ0v) is 30.2. The van der Waals surface area contributed by atoms with Crippen LogP contribution in [0.2, 0.25) is 0 Å². The van der Waals surface area contributed by atoms with Gasteiger partial charge in [0.25, 0.3) is 0 Å². The van der Waals surface area contributed by atoms with E-state index in [2.05, 4.69) is 103 Å². The molecule has 9 aromatic rings. The average Bonchev–Trinajstić information content (AvgIpc) is 3.30. The van der Waals surface area contributed by atoms with E-state index in [-0.39, 0.29) is 0 Å². The molecule has 262 valence electrons. The minimum Gasteiger partial charge on any atom is -0.228 e. The molecule has 6 heteroatoms. The van der Waals surface area contributed by atoms with Gasteiger partial charge in [-0.05, 0) is 52.6 Å². The number of nitriles is 1. The van der Waals surface area contributed by atoms with Gasteiger partial charge in [0, 0.05) is 33.4 Å². The van der Waals surface area contributed by atoms with Crippen molar-refractivity contribution >= 4 is 0 Å². The molecule has 0 radical (unpaired) electrons. The average molecular weight is 717 g/mol. The molecule has 0 saturated carbocycles. The van der Waals surface area contributed by atoms with Crippen molar-refractivity contribution in [2.45, 2.75) is 0 Å². The van der Waals surface area contributed by atoms with Crippen molar-refractivity contribution in [2.75, 3.05) is 0 Å². The molecule has 0 N–H and O–H groups in total. The molecule has 6 nitrogen and oxygen atoms in total. The van der Waals surface area contributed by atoms with Crippen LogP contribution in [0, 0.1) is 11.3 Å². The van der Waals surface area contributed by atoms with E-state index in [1.165, 1.54) is 0 Å². The summed E-state index contributed by atoms with van der Waals surface area (Å²) in [5.74, 6) is 2.27. The lowest BCUT2D eigenvalue weighted by Crippen LogP contribution is -2.00. The lowest BCUT2D eigenvalue weighted by atomic mass is 9.99. The van der Waals surface area contributed by atoms with E-state index < -0.39 is 0 Å². The second kappa shape index (κ2) is 15.2. The molecule has 0 aliphatic carbocycles. The van der Waals surface area contributed by atoms with Crippen LogP contribution in [-0.4, -0.2) is 24.9 Å². The first-order valence-electron chi connectivity index (χ1n) is 18.3. The molecule has 0 bridgehead atoms. The van der Waals surface area contributed by atoms with E-state index in [0.29, 0.717) is 28.9 Å². The molecule has 7 aromatic carbocycles. The summed E-state index contributed by atoms with van der Waals surface area (Å²) in [7, 11) is 0. The first-order chi connectivity index (χ1) is 27.7. The summed E-state index contributed by atoms with van der Waals surface area (Å²) in [6.07, 6.45) is 0. The fraction of sp³-hybridized carbons (Fsp3) is 0. The number of aromatic nitrogens is 5. The van der Waals surface area contributed by atoms with Crippen LogP contribution in [0.5, 0.6) is 0 Å². The van der Waals surface area contributed by atoms with Crippen LogP contribution in [0.1, 0.15) is 5.56 Å². The molecule has 0 aliphatic rings. The fourth-order valence-corrected chi connectivity index (χ4v) is 6.70. The van der Waals surface area contributed by atoms with Gasteiger partial charge in [0.2, 0.25) is 0 Å². The Balaban J connectivity index is 1.08. The van der Waals surface area contributed by atoms with Gasteiger partial charge in [-0.25, -0.2) is 24.9 Å². The maximum atomic E-state index is 9.53. The first-order valence-corrected chi connectivity index (χ1v) is 18.3. The molecular weight excluding hydrogens is 685 g/mol. The van der Waals surface area contributed by atoms with Gasteiger partial charge in [0.05, 0.1) is 23.0 Å². The first kappa shape index (κ1) is 33.9. The minimum absolute atomic E-state index is 0.506. The molecule has 0 atom stereocenters. The van der Waals surface area contributed by atoms with E-state index in [4.69, 9.17) is 24.9 Å². The van der Waals surface area contributed by atoms with E-state index >= 15 is 0 Å². The quantitative estimate of drug-likeness (QED) is 0.156. The van der Waals surface area contributed by atoms with Crippen molar-refractivity contribution in [2.24, 2.45) is 0 Å². The third-order valence-corrected chi connectivity index (χ3v) is 9.58. The Bertz CT molecular complexity index is 2850. The van der Waals surface area contributed by atoms with Gasteiger partial charge in [-0.15, -0.1) is 0 Å². The van der Waals surface area contributed by atoms with Crippen molar-refractivity contribution < 1.29 is 0 Å². The number of hydrogen-bond acceptors (Lipinski definition) is 6. The molecule has 0 unspecified atom stereocenters. The Morgan fingerprint density at radius 1 is 0.268 bits per heavy atom. The summed E-state index contributed by atoms with van der Waals surface area (Å²) in [6, 6.07) is 67.2. The standard InChI is InChI=1S/C50H32N6/c51-33-34-13-10-23-43(29-34)50-55-47(38-18-8-3-9-19-38)54-48(56-50)39-27-25-36(26-28-39)41-21-12-24-44(31-41)49-52-45(37-16-6-2-7-17-37)32-46(53-49)42-22-11-20-40(30-42)35-14-4-1-5-15-35/h1-32H. The summed E-state index contributed by atoms with van der Waals surface area (Å²) in [4.78, 5) is 24.8. The molecule has 2 heterocycles. The van der Waals surface area contributed by atoms with Crippen molar-refractivity contribution in [3.63, 3.8) is 0 Å². The second-order valence-corrected chi connectivity index (χ2v) is 13.3. The minimum atomic E-state index is 0.506.